The Hall–Kier alpha value is -1.80. The molecule has 3 rings (SSSR count). The molecule has 1 aliphatic rings. The minimum atomic E-state index is -0.0366. The number of hydrogen-bond donors (Lipinski definition) is 1. The van der Waals surface area contributed by atoms with Crippen molar-refractivity contribution in [1.82, 2.24) is 0 Å². The number of rotatable bonds is 3. The molecule has 0 saturated heterocycles. The standard InChI is InChI=1S/C18H21NO/c1-13(14-7-3-2-4-8-14)17(19)16-11-5-9-15-10-6-12-20-18(15)16/h2-5,7-9,11,13,17H,6,10,12,19H2,1H3. The van der Waals surface area contributed by atoms with Crippen LogP contribution < -0.4 is 10.5 Å². The number of aryl methyl sites for hydroxylation is 1. The van der Waals surface area contributed by atoms with Crippen molar-refractivity contribution in [3.05, 3.63) is 65.2 Å². The summed E-state index contributed by atoms with van der Waals surface area (Å²) in [6, 6.07) is 16.8. The average Bonchev–Trinajstić information content (AvgIpc) is 2.54. The van der Waals surface area contributed by atoms with E-state index in [1.54, 1.807) is 0 Å². The molecule has 0 fully saturated rings. The van der Waals surface area contributed by atoms with Crippen molar-refractivity contribution >= 4 is 0 Å². The van der Waals surface area contributed by atoms with Crippen molar-refractivity contribution < 1.29 is 4.74 Å². The van der Waals surface area contributed by atoms with Gasteiger partial charge in [0, 0.05) is 17.5 Å². The Morgan fingerprint density at radius 1 is 1.05 bits per heavy atom. The maximum atomic E-state index is 6.51. The first-order valence-corrected chi connectivity index (χ1v) is 7.32. The zero-order valence-corrected chi connectivity index (χ0v) is 11.9. The van der Waals surface area contributed by atoms with Gasteiger partial charge in [-0.25, -0.2) is 0 Å². The molecule has 2 aromatic carbocycles. The lowest BCUT2D eigenvalue weighted by molar-refractivity contribution is 0.282. The Bertz CT molecular complexity index is 579. The van der Waals surface area contributed by atoms with Crippen molar-refractivity contribution in [2.45, 2.75) is 31.7 Å². The highest BCUT2D eigenvalue weighted by Gasteiger charge is 2.23. The molecule has 2 nitrogen and oxygen atoms in total. The largest absolute Gasteiger partial charge is 0.493 e. The maximum Gasteiger partial charge on any atom is 0.127 e. The first-order chi connectivity index (χ1) is 9.77. The maximum absolute atomic E-state index is 6.51. The molecule has 2 N–H and O–H groups in total. The van der Waals surface area contributed by atoms with Crippen LogP contribution in [0.2, 0.25) is 0 Å². The molecule has 20 heavy (non-hydrogen) atoms. The monoisotopic (exact) mass is 267 g/mol. The zero-order chi connectivity index (χ0) is 13.9. The van der Waals surface area contributed by atoms with E-state index in [2.05, 4.69) is 49.4 Å². The SMILES string of the molecule is CC(c1ccccc1)C(N)c1cccc2c1OCCC2. The first-order valence-electron chi connectivity index (χ1n) is 7.32. The quantitative estimate of drug-likeness (QED) is 0.917. The predicted molar refractivity (Wildman–Crippen MR) is 82.0 cm³/mol. The molecule has 0 bridgehead atoms. The summed E-state index contributed by atoms with van der Waals surface area (Å²) in [4.78, 5) is 0. The number of hydrogen-bond acceptors (Lipinski definition) is 2. The van der Waals surface area contributed by atoms with Crippen molar-refractivity contribution in [2.24, 2.45) is 5.73 Å². The smallest absolute Gasteiger partial charge is 0.127 e. The Morgan fingerprint density at radius 2 is 1.85 bits per heavy atom. The van der Waals surface area contributed by atoms with E-state index in [-0.39, 0.29) is 12.0 Å². The van der Waals surface area contributed by atoms with Crippen LogP contribution in [0.4, 0.5) is 0 Å². The van der Waals surface area contributed by atoms with Gasteiger partial charge in [-0.15, -0.1) is 0 Å². The highest BCUT2D eigenvalue weighted by atomic mass is 16.5. The highest BCUT2D eigenvalue weighted by Crippen LogP contribution is 2.37. The van der Waals surface area contributed by atoms with Crippen LogP contribution in [0, 0.1) is 0 Å². The lowest BCUT2D eigenvalue weighted by atomic mass is 9.87. The summed E-state index contributed by atoms with van der Waals surface area (Å²) in [6.07, 6.45) is 2.19. The van der Waals surface area contributed by atoms with Gasteiger partial charge in [0.05, 0.1) is 6.61 Å². The van der Waals surface area contributed by atoms with Gasteiger partial charge in [0.2, 0.25) is 0 Å². The molecule has 0 aliphatic carbocycles. The molecule has 1 heterocycles. The van der Waals surface area contributed by atoms with E-state index >= 15 is 0 Å². The second-order valence-electron chi connectivity index (χ2n) is 5.51. The molecule has 0 radical (unpaired) electrons. The van der Waals surface area contributed by atoms with Crippen molar-refractivity contribution in [2.75, 3.05) is 6.61 Å². The third-order valence-electron chi connectivity index (χ3n) is 4.19. The summed E-state index contributed by atoms with van der Waals surface area (Å²) in [6.45, 7) is 2.98. The summed E-state index contributed by atoms with van der Waals surface area (Å²) in [5, 5.41) is 0. The zero-order valence-electron chi connectivity index (χ0n) is 11.9. The van der Waals surface area contributed by atoms with Crippen LogP contribution in [0.25, 0.3) is 0 Å². The summed E-state index contributed by atoms with van der Waals surface area (Å²) in [5.41, 5.74) is 10.2. The second kappa shape index (κ2) is 5.68. The summed E-state index contributed by atoms with van der Waals surface area (Å²) < 4.78 is 5.88. The van der Waals surface area contributed by atoms with Crippen LogP contribution in [0.5, 0.6) is 5.75 Å². The number of ether oxygens (including phenoxy) is 1. The van der Waals surface area contributed by atoms with E-state index in [9.17, 15) is 0 Å². The Morgan fingerprint density at radius 3 is 2.65 bits per heavy atom. The molecule has 104 valence electrons. The Labute approximate surface area is 120 Å². The van der Waals surface area contributed by atoms with Gasteiger partial charge in [0.1, 0.15) is 5.75 Å². The minimum absolute atomic E-state index is 0.0366. The van der Waals surface area contributed by atoms with E-state index in [1.807, 2.05) is 6.07 Å². The number of fused-ring (bicyclic) bond motifs is 1. The highest BCUT2D eigenvalue weighted by molar-refractivity contribution is 5.45. The van der Waals surface area contributed by atoms with E-state index < -0.39 is 0 Å². The number of para-hydroxylation sites is 1. The van der Waals surface area contributed by atoms with Crippen LogP contribution in [-0.2, 0) is 6.42 Å². The van der Waals surface area contributed by atoms with Gasteiger partial charge >= 0.3 is 0 Å². The van der Waals surface area contributed by atoms with E-state index in [1.165, 1.54) is 11.1 Å². The molecule has 1 aliphatic heterocycles. The second-order valence-corrected chi connectivity index (χ2v) is 5.51. The Kier molecular flexibility index (Phi) is 3.75. The average molecular weight is 267 g/mol. The Balaban J connectivity index is 1.93. The van der Waals surface area contributed by atoms with Gasteiger partial charge in [0.25, 0.3) is 0 Å². The molecule has 2 unspecified atom stereocenters. The minimum Gasteiger partial charge on any atom is -0.493 e. The predicted octanol–water partition coefficient (Wildman–Crippen LogP) is 3.82. The van der Waals surface area contributed by atoms with Crippen molar-refractivity contribution in [1.29, 1.82) is 0 Å². The van der Waals surface area contributed by atoms with Crippen LogP contribution in [0.1, 0.15) is 42.0 Å². The fourth-order valence-electron chi connectivity index (χ4n) is 2.91. The molecule has 0 saturated carbocycles. The fraction of sp³-hybridized carbons (Fsp3) is 0.333. The van der Waals surface area contributed by atoms with E-state index in [0.717, 1.165) is 30.8 Å². The van der Waals surface area contributed by atoms with Gasteiger partial charge in [-0.2, -0.15) is 0 Å². The molecule has 0 amide bonds. The van der Waals surface area contributed by atoms with Gasteiger partial charge in [-0.3, -0.25) is 0 Å². The molecule has 2 atom stereocenters. The van der Waals surface area contributed by atoms with Gasteiger partial charge < -0.3 is 10.5 Å². The van der Waals surface area contributed by atoms with Crippen molar-refractivity contribution in [3.63, 3.8) is 0 Å². The fourth-order valence-corrected chi connectivity index (χ4v) is 2.91. The van der Waals surface area contributed by atoms with E-state index in [0.29, 0.717) is 0 Å². The van der Waals surface area contributed by atoms with Crippen molar-refractivity contribution in [3.8, 4) is 5.75 Å². The van der Waals surface area contributed by atoms with Gasteiger partial charge in [0.15, 0.2) is 0 Å². The first kappa shape index (κ1) is 13.2. The topological polar surface area (TPSA) is 35.2 Å². The van der Waals surface area contributed by atoms with Crippen LogP contribution in [0.15, 0.2) is 48.5 Å². The van der Waals surface area contributed by atoms with Gasteiger partial charge in [-0.1, -0.05) is 55.5 Å². The molecule has 2 aromatic rings. The molecule has 2 heteroatoms. The molecule has 0 spiro atoms. The third kappa shape index (κ3) is 2.44. The van der Waals surface area contributed by atoms with E-state index in [4.69, 9.17) is 10.5 Å². The van der Waals surface area contributed by atoms with Crippen LogP contribution >= 0.6 is 0 Å². The number of benzene rings is 2. The summed E-state index contributed by atoms with van der Waals surface area (Å²) in [5.74, 6) is 1.29. The molecular weight excluding hydrogens is 246 g/mol. The molecule has 0 aromatic heterocycles. The lowest BCUT2D eigenvalue weighted by Gasteiger charge is -2.26. The molecular formula is C18H21NO. The van der Waals surface area contributed by atoms with Gasteiger partial charge in [-0.05, 0) is 24.0 Å². The lowest BCUT2D eigenvalue weighted by Crippen LogP contribution is -2.20. The summed E-state index contributed by atoms with van der Waals surface area (Å²) >= 11 is 0. The van der Waals surface area contributed by atoms with Crippen LogP contribution in [0.3, 0.4) is 0 Å². The van der Waals surface area contributed by atoms with Crippen LogP contribution in [-0.4, -0.2) is 6.61 Å². The normalized spacial score (nSPS) is 16.9. The third-order valence-corrected chi connectivity index (χ3v) is 4.19. The number of nitrogens with two attached hydrogens (primary N) is 1. The summed E-state index contributed by atoms with van der Waals surface area (Å²) in [7, 11) is 0.